The number of allylic oxidation sites excluding steroid dienone is 2. The molecule has 0 bridgehead atoms. The molecular weight excluding hydrogens is 413 g/mol. The summed E-state index contributed by atoms with van der Waals surface area (Å²) in [5, 5.41) is 0. The van der Waals surface area contributed by atoms with E-state index in [-0.39, 0.29) is 5.78 Å². The third kappa shape index (κ3) is 21.6. The molecular formula is C28H57NO2P+. The van der Waals surface area contributed by atoms with Gasteiger partial charge in [0.25, 0.3) is 5.78 Å². The van der Waals surface area contributed by atoms with Gasteiger partial charge in [-0.25, -0.2) is 0 Å². The van der Waals surface area contributed by atoms with E-state index in [1.54, 1.807) is 0 Å². The molecule has 0 amide bonds. The van der Waals surface area contributed by atoms with Crippen molar-refractivity contribution in [2.75, 3.05) is 21.1 Å². The third-order valence-corrected chi connectivity index (χ3v) is 8.05. The Hall–Kier alpha value is -0.240. The number of quaternary nitrogens is 1. The molecule has 2 unspecified atom stereocenters. The van der Waals surface area contributed by atoms with E-state index < -0.39 is 8.03 Å². The number of hydrogen-bond donors (Lipinski definition) is 0. The molecule has 0 radical (unpaired) electrons. The summed E-state index contributed by atoms with van der Waals surface area (Å²) in [4.78, 5) is 11.4. The molecule has 0 saturated heterocycles. The van der Waals surface area contributed by atoms with Crippen LogP contribution in [0.3, 0.4) is 0 Å². The van der Waals surface area contributed by atoms with E-state index in [4.69, 9.17) is 0 Å². The van der Waals surface area contributed by atoms with Crippen LogP contribution < -0.4 is 4.89 Å². The number of hydrogen-bond acceptors (Lipinski definition) is 2. The van der Waals surface area contributed by atoms with E-state index in [2.05, 4.69) is 19.1 Å². The van der Waals surface area contributed by atoms with Crippen LogP contribution >= 0.6 is 8.03 Å². The summed E-state index contributed by atoms with van der Waals surface area (Å²) in [5.74, 6) is -0.261. The second-order valence-corrected chi connectivity index (χ2v) is 11.9. The molecule has 0 fully saturated rings. The van der Waals surface area contributed by atoms with E-state index >= 15 is 0 Å². The maximum Gasteiger partial charge on any atom is 0.373 e. The van der Waals surface area contributed by atoms with Gasteiger partial charge in [0.2, 0.25) is 0 Å². The number of nitrogens with zero attached hydrogens (tertiary/aromatic N) is 1. The van der Waals surface area contributed by atoms with E-state index in [0.29, 0.717) is 4.48 Å². The maximum atomic E-state index is 11.4. The van der Waals surface area contributed by atoms with Gasteiger partial charge < -0.3 is 4.89 Å². The first kappa shape index (κ1) is 31.8. The maximum absolute atomic E-state index is 11.4. The molecule has 0 N–H and O–H groups in total. The molecule has 0 heterocycles. The minimum atomic E-state index is -2.35. The molecule has 32 heavy (non-hydrogen) atoms. The van der Waals surface area contributed by atoms with Crippen LogP contribution in [0, 0.1) is 0 Å². The predicted octanol–water partition coefficient (Wildman–Crippen LogP) is 8.89. The Labute approximate surface area is 202 Å². The molecule has 4 heteroatoms. The Morgan fingerprint density at radius 1 is 0.625 bits per heavy atom. The SMILES string of the molecule is CCCCCCCCCCCCCCCCCCC/C=C\CCCC([P+](=O)[O-])[N+](C)(C)C. The first-order chi connectivity index (χ1) is 15.4. The first-order valence-electron chi connectivity index (χ1n) is 14.0. The third-order valence-electron chi connectivity index (χ3n) is 6.61. The second kappa shape index (κ2) is 22.5. The van der Waals surface area contributed by atoms with Crippen LogP contribution in [0.25, 0.3) is 0 Å². The van der Waals surface area contributed by atoms with Crippen molar-refractivity contribution in [3.63, 3.8) is 0 Å². The van der Waals surface area contributed by atoms with Crippen LogP contribution in [-0.4, -0.2) is 31.4 Å². The highest BCUT2D eigenvalue weighted by atomic mass is 31.1. The van der Waals surface area contributed by atoms with Gasteiger partial charge in [-0.05, 0) is 25.7 Å². The zero-order valence-electron chi connectivity index (χ0n) is 22.3. The summed E-state index contributed by atoms with van der Waals surface area (Å²) >= 11 is 0. The smallest absolute Gasteiger partial charge is 0.373 e. The van der Waals surface area contributed by atoms with Gasteiger partial charge >= 0.3 is 8.03 Å². The van der Waals surface area contributed by atoms with Crippen LogP contribution in [0.5, 0.6) is 0 Å². The normalized spacial score (nSPS) is 13.7. The highest BCUT2D eigenvalue weighted by molar-refractivity contribution is 7.37. The summed E-state index contributed by atoms with van der Waals surface area (Å²) in [7, 11) is 3.53. The minimum Gasteiger partial charge on any atom is -0.591 e. The van der Waals surface area contributed by atoms with Crippen molar-refractivity contribution in [3.8, 4) is 0 Å². The van der Waals surface area contributed by atoms with Crippen molar-refractivity contribution in [1.29, 1.82) is 0 Å². The van der Waals surface area contributed by atoms with Crippen molar-refractivity contribution in [2.45, 2.75) is 148 Å². The van der Waals surface area contributed by atoms with Crippen molar-refractivity contribution >= 4 is 8.03 Å². The van der Waals surface area contributed by atoms with Crippen molar-refractivity contribution in [2.24, 2.45) is 0 Å². The lowest BCUT2D eigenvalue weighted by molar-refractivity contribution is -0.883. The van der Waals surface area contributed by atoms with E-state index in [1.807, 2.05) is 21.1 Å². The zero-order valence-corrected chi connectivity index (χ0v) is 23.2. The molecule has 0 rings (SSSR count). The number of unbranched alkanes of at least 4 members (excludes halogenated alkanes) is 18. The zero-order chi connectivity index (χ0) is 23.9. The molecule has 190 valence electrons. The molecule has 0 aromatic carbocycles. The Balaban J connectivity index is 3.30. The number of rotatable bonds is 24. The summed E-state index contributed by atoms with van der Waals surface area (Å²) < 4.78 is 11.9. The van der Waals surface area contributed by atoms with E-state index in [1.165, 1.54) is 116 Å². The molecule has 3 nitrogen and oxygen atoms in total. The Kier molecular flexibility index (Phi) is 22.4. The first-order valence-corrected chi connectivity index (χ1v) is 15.2. The molecule has 0 aliphatic heterocycles. The fourth-order valence-corrected chi connectivity index (χ4v) is 5.38. The fourth-order valence-electron chi connectivity index (χ4n) is 4.42. The Bertz CT molecular complexity index is 445. The summed E-state index contributed by atoms with van der Waals surface area (Å²) in [6, 6.07) is 0. The van der Waals surface area contributed by atoms with Crippen molar-refractivity contribution < 1.29 is 13.9 Å². The van der Waals surface area contributed by atoms with Crippen molar-refractivity contribution in [3.05, 3.63) is 12.2 Å². The van der Waals surface area contributed by atoms with Crippen molar-refractivity contribution in [1.82, 2.24) is 0 Å². The second-order valence-electron chi connectivity index (χ2n) is 10.7. The van der Waals surface area contributed by atoms with Crippen LogP contribution in [-0.2, 0) is 4.57 Å². The van der Waals surface area contributed by atoms with Gasteiger partial charge in [-0.3, -0.25) is 4.48 Å². The topological polar surface area (TPSA) is 40.1 Å². The van der Waals surface area contributed by atoms with Gasteiger partial charge in [0.05, 0.1) is 21.1 Å². The standard InChI is InChI=1S/C28H57NO2P/c1-5-6-7-8-9-10-11-12-13-14-15-16-17-18-19-20-21-22-23-24-25-26-27-28(32(30)31)29(2,3)4/h23-24,28H,5-22,25-27H2,1-4H3/q+1/b24-23-. The van der Waals surface area contributed by atoms with Gasteiger partial charge in [-0.2, -0.15) is 0 Å². The average Bonchev–Trinajstić information content (AvgIpc) is 2.73. The van der Waals surface area contributed by atoms with Crippen LogP contribution in [0.4, 0.5) is 0 Å². The van der Waals surface area contributed by atoms with Gasteiger partial charge in [-0.15, -0.1) is 0 Å². The Morgan fingerprint density at radius 3 is 1.31 bits per heavy atom. The lowest BCUT2D eigenvalue weighted by Gasteiger charge is -2.27. The summed E-state index contributed by atoms with van der Waals surface area (Å²) in [6.45, 7) is 2.29. The van der Waals surface area contributed by atoms with Gasteiger partial charge in [0.1, 0.15) is 0 Å². The molecule has 2 atom stereocenters. The lowest BCUT2D eigenvalue weighted by atomic mass is 10.0. The highest BCUT2D eigenvalue weighted by Gasteiger charge is 2.34. The largest absolute Gasteiger partial charge is 0.591 e. The molecule has 0 aliphatic carbocycles. The fraction of sp³-hybridized carbons (Fsp3) is 0.929. The molecule has 0 aliphatic rings. The molecule has 0 aromatic heterocycles. The van der Waals surface area contributed by atoms with E-state index in [9.17, 15) is 9.46 Å². The summed E-state index contributed by atoms with van der Waals surface area (Å²) in [5.41, 5.74) is 0. The van der Waals surface area contributed by atoms with E-state index in [0.717, 1.165) is 19.3 Å². The van der Waals surface area contributed by atoms with Gasteiger partial charge in [0.15, 0.2) is 0 Å². The average molecular weight is 471 g/mol. The van der Waals surface area contributed by atoms with Gasteiger partial charge in [-0.1, -0.05) is 126 Å². The van der Waals surface area contributed by atoms with Gasteiger partial charge in [0, 0.05) is 6.42 Å². The minimum absolute atomic E-state index is 0.261. The summed E-state index contributed by atoms with van der Waals surface area (Å²) in [6.07, 6.45) is 32.5. The van der Waals surface area contributed by atoms with Crippen LogP contribution in [0.15, 0.2) is 12.2 Å². The van der Waals surface area contributed by atoms with Crippen LogP contribution in [0.2, 0.25) is 0 Å². The monoisotopic (exact) mass is 470 g/mol. The predicted molar refractivity (Wildman–Crippen MR) is 141 cm³/mol. The molecule has 0 spiro atoms. The quantitative estimate of drug-likeness (QED) is 0.0611. The lowest BCUT2D eigenvalue weighted by Crippen LogP contribution is -2.44. The van der Waals surface area contributed by atoms with Crippen LogP contribution in [0.1, 0.15) is 142 Å². The highest BCUT2D eigenvalue weighted by Crippen LogP contribution is 2.28. The Morgan fingerprint density at radius 2 is 0.969 bits per heavy atom. The molecule has 0 saturated carbocycles. The molecule has 0 aromatic rings.